The van der Waals surface area contributed by atoms with Crippen molar-refractivity contribution in [3.05, 3.63) is 27.2 Å². The summed E-state index contributed by atoms with van der Waals surface area (Å²) in [7, 11) is 2.16. The molecule has 1 N–H and O–H groups in total. The number of rotatable bonds is 0. The van der Waals surface area contributed by atoms with Gasteiger partial charge in [-0.25, -0.2) is 5.10 Å². The summed E-state index contributed by atoms with van der Waals surface area (Å²) in [5.74, 6) is 0. The summed E-state index contributed by atoms with van der Waals surface area (Å²) in [6, 6.07) is 1.05. The van der Waals surface area contributed by atoms with Gasteiger partial charge >= 0.3 is 0 Å². The highest BCUT2D eigenvalue weighted by atomic mass is 16.1. The van der Waals surface area contributed by atoms with Gasteiger partial charge in [0.25, 0.3) is 5.56 Å². The lowest BCUT2D eigenvalue weighted by Gasteiger charge is -2.32. The molecule has 2 bridgehead atoms. The summed E-state index contributed by atoms with van der Waals surface area (Å²) in [4.78, 5) is 13.9. The Morgan fingerprint density at radius 1 is 1.47 bits per heavy atom. The fraction of sp³-hybridized carbons (Fsp3) is 0.636. The van der Waals surface area contributed by atoms with Gasteiger partial charge in [-0.15, -0.1) is 0 Å². The molecule has 2 unspecified atom stereocenters. The minimum atomic E-state index is -0.0347. The maximum absolute atomic E-state index is 11.5. The number of nitrogens with zero attached hydrogens (tertiary/aromatic N) is 2. The Morgan fingerprint density at radius 3 is 3.07 bits per heavy atom. The van der Waals surface area contributed by atoms with Crippen LogP contribution in [-0.2, 0) is 6.42 Å². The lowest BCUT2D eigenvalue weighted by atomic mass is 9.95. The molecule has 0 aromatic carbocycles. The van der Waals surface area contributed by atoms with E-state index in [1.807, 2.05) is 6.92 Å². The zero-order chi connectivity index (χ0) is 10.6. The molecule has 3 rings (SSSR count). The minimum absolute atomic E-state index is 0.0347. The van der Waals surface area contributed by atoms with E-state index >= 15 is 0 Å². The predicted molar refractivity (Wildman–Crippen MR) is 56.8 cm³/mol. The number of fused-ring (bicyclic) bond motifs is 4. The first-order chi connectivity index (χ1) is 7.18. The lowest BCUT2D eigenvalue weighted by Crippen LogP contribution is -2.37. The number of hydrogen-bond acceptors (Lipinski definition) is 3. The van der Waals surface area contributed by atoms with Gasteiger partial charge < -0.3 is 0 Å². The van der Waals surface area contributed by atoms with E-state index in [4.69, 9.17) is 0 Å². The van der Waals surface area contributed by atoms with Crippen LogP contribution in [0.25, 0.3) is 0 Å². The first-order valence-corrected chi connectivity index (χ1v) is 5.48. The third-order valence-corrected chi connectivity index (χ3v) is 3.95. The molecule has 1 saturated heterocycles. The monoisotopic (exact) mass is 205 g/mol. The SMILES string of the molecule is Cc1c2c(n[nH]c1=O)CC1CCC2N1C. The molecule has 15 heavy (non-hydrogen) atoms. The lowest BCUT2D eigenvalue weighted by molar-refractivity contribution is 0.220. The van der Waals surface area contributed by atoms with Gasteiger partial charge in [-0.1, -0.05) is 0 Å². The third kappa shape index (κ3) is 1.11. The predicted octanol–water partition coefficient (Wildman–Crippen LogP) is 0.770. The van der Waals surface area contributed by atoms with Crippen molar-refractivity contribution in [3.63, 3.8) is 0 Å². The second-order valence-corrected chi connectivity index (χ2v) is 4.65. The van der Waals surface area contributed by atoms with Crippen LogP contribution in [0.4, 0.5) is 0 Å². The van der Waals surface area contributed by atoms with E-state index in [0.29, 0.717) is 12.1 Å². The minimum Gasteiger partial charge on any atom is -0.296 e. The number of likely N-dealkylation sites (N-methyl/N-ethyl adjacent to an activating group) is 1. The molecule has 3 heterocycles. The van der Waals surface area contributed by atoms with Crippen LogP contribution >= 0.6 is 0 Å². The molecule has 1 fully saturated rings. The molecule has 2 aliphatic rings. The Morgan fingerprint density at radius 2 is 2.27 bits per heavy atom. The molecule has 0 saturated carbocycles. The Bertz CT molecular complexity index is 465. The van der Waals surface area contributed by atoms with Gasteiger partial charge in [0.05, 0.1) is 5.69 Å². The maximum atomic E-state index is 11.5. The molecule has 0 radical (unpaired) electrons. The van der Waals surface area contributed by atoms with E-state index in [1.54, 1.807) is 0 Å². The Kier molecular flexibility index (Phi) is 1.77. The average Bonchev–Trinajstić information content (AvgIpc) is 2.49. The van der Waals surface area contributed by atoms with Crippen molar-refractivity contribution in [3.8, 4) is 0 Å². The summed E-state index contributed by atoms with van der Waals surface area (Å²) in [6.07, 6.45) is 3.38. The average molecular weight is 205 g/mol. The number of hydrogen-bond donors (Lipinski definition) is 1. The number of aromatic nitrogens is 2. The highest BCUT2D eigenvalue weighted by Crippen LogP contribution is 2.42. The largest absolute Gasteiger partial charge is 0.296 e. The summed E-state index contributed by atoms with van der Waals surface area (Å²) in [5.41, 5.74) is 3.12. The second-order valence-electron chi connectivity index (χ2n) is 4.65. The summed E-state index contributed by atoms with van der Waals surface area (Å²) in [6.45, 7) is 1.91. The van der Waals surface area contributed by atoms with Crippen molar-refractivity contribution < 1.29 is 0 Å². The van der Waals surface area contributed by atoms with Crippen molar-refractivity contribution in [1.29, 1.82) is 0 Å². The van der Waals surface area contributed by atoms with Crippen molar-refractivity contribution in [2.75, 3.05) is 7.05 Å². The highest BCUT2D eigenvalue weighted by molar-refractivity contribution is 5.34. The van der Waals surface area contributed by atoms with Gasteiger partial charge in [0.15, 0.2) is 0 Å². The van der Waals surface area contributed by atoms with Gasteiger partial charge in [-0.2, -0.15) is 5.10 Å². The molecular weight excluding hydrogens is 190 g/mol. The normalized spacial score (nSPS) is 29.2. The van der Waals surface area contributed by atoms with E-state index in [-0.39, 0.29) is 5.56 Å². The van der Waals surface area contributed by atoms with Crippen molar-refractivity contribution in [1.82, 2.24) is 15.1 Å². The van der Waals surface area contributed by atoms with Crippen molar-refractivity contribution >= 4 is 0 Å². The zero-order valence-electron chi connectivity index (χ0n) is 9.08. The molecule has 0 aliphatic carbocycles. The first-order valence-electron chi connectivity index (χ1n) is 5.48. The first kappa shape index (κ1) is 9.09. The van der Waals surface area contributed by atoms with Gasteiger partial charge in [0.2, 0.25) is 0 Å². The molecule has 80 valence electrons. The van der Waals surface area contributed by atoms with E-state index in [9.17, 15) is 4.79 Å². The number of H-pyrrole nitrogens is 1. The molecule has 1 aromatic rings. The Labute approximate surface area is 88.3 Å². The van der Waals surface area contributed by atoms with Crippen LogP contribution < -0.4 is 5.56 Å². The van der Waals surface area contributed by atoms with Gasteiger partial charge in [-0.05, 0) is 26.8 Å². The molecule has 4 heteroatoms. The van der Waals surface area contributed by atoms with Crippen LogP contribution in [-0.4, -0.2) is 28.2 Å². The number of nitrogens with one attached hydrogen (secondary N) is 1. The van der Waals surface area contributed by atoms with Crippen LogP contribution in [0, 0.1) is 6.92 Å². The molecule has 1 aromatic heterocycles. The van der Waals surface area contributed by atoms with Crippen LogP contribution in [0.5, 0.6) is 0 Å². The summed E-state index contributed by atoms with van der Waals surface area (Å²) < 4.78 is 0. The molecule has 0 spiro atoms. The fourth-order valence-corrected chi connectivity index (χ4v) is 3.03. The Hall–Kier alpha value is -1.16. The van der Waals surface area contributed by atoms with Gasteiger partial charge in [-0.3, -0.25) is 9.69 Å². The van der Waals surface area contributed by atoms with Crippen molar-refractivity contribution in [2.45, 2.75) is 38.3 Å². The zero-order valence-corrected chi connectivity index (χ0v) is 9.08. The van der Waals surface area contributed by atoms with Crippen LogP contribution in [0.3, 0.4) is 0 Å². The molecule has 4 nitrogen and oxygen atoms in total. The third-order valence-electron chi connectivity index (χ3n) is 3.95. The molecule has 2 aliphatic heterocycles. The van der Waals surface area contributed by atoms with Gasteiger partial charge in [0, 0.05) is 29.6 Å². The van der Waals surface area contributed by atoms with Crippen LogP contribution in [0.15, 0.2) is 4.79 Å². The van der Waals surface area contributed by atoms with E-state index in [1.165, 1.54) is 18.4 Å². The van der Waals surface area contributed by atoms with E-state index in [0.717, 1.165) is 17.7 Å². The maximum Gasteiger partial charge on any atom is 0.267 e. The van der Waals surface area contributed by atoms with Crippen LogP contribution in [0.2, 0.25) is 0 Å². The van der Waals surface area contributed by atoms with E-state index in [2.05, 4.69) is 22.1 Å². The quantitative estimate of drug-likeness (QED) is 0.680. The summed E-state index contributed by atoms with van der Waals surface area (Å²) >= 11 is 0. The van der Waals surface area contributed by atoms with Crippen molar-refractivity contribution in [2.24, 2.45) is 0 Å². The van der Waals surface area contributed by atoms with Crippen LogP contribution in [0.1, 0.15) is 35.7 Å². The van der Waals surface area contributed by atoms with Gasteiger partial charge in [0.1, 0.15) is 0 Å². The second kappa shape index (κ2) is 2.92. The fourth-order valence-electron chi connectivity index (χ4n) is 3.03. The highest BCUT2D eigenvalue weighted by Gasteiger charge is 2.39. The number of aromatic amines is 1. The van der Waals surface area contributed by atoms with E-state index < -0.39 is 0 Å². The summed E-state index contributed by atoms with van der Waals surface area (Å²) in [5, 5.41) is 6.78. The molecule has 2 atom stereocenters. The molecular formula is C11H15N3O. The standard InChI is InChI=1S/C11H15N3O/c1-6-10-8(12-13-11(6)15)5-7-3-4-9(10)14(7)2/h7,9H,3-5H2,1-2H3,(H,13,15). The molecule has 0 amide bonds. The smallest absolute Gasteiger partial charge is 0.267 e. The topological polar surface area (TPSA) is 49.0 Å². The Balaban J connectivity index is 2.24.